The standard InChI is InChI=1S/C15H17N3OS2.ClH/c1-18(9-10-6-4-3-5-7-10)14(19)11-8-12(13(16)17)21-15(11)20-2;/h3-8H,9H2,1-2H3,(H3,16,17);1H. The predicted octanol–water partition coefficient (Wildman–Crippen LogP) is 3.45. The number of nitrogens with one attached hydrogen (secondary N) is 1. The first-order valence-corrected chi connectivity index (χ1v) is 8.38. The van der Waals surface area contributed by atoms with Crippen molar-refractivity contribution in [1.29, 1.82) is 5.41 Å². The molecule has 0 atom stereocenters. The number of nitrogens with two attached hydrogens (primary N) is 1. The molecule has 0 bridgehead atoms. The third-order valence-corrected chi connectivity index (χ3v) is 5.29. The lowest BCUT2D eigenvalue weighted by Gasteiger charge is -2.17. The molecule has 1 heterocycles. The van der Waals surface area contributed by atoms with Crippen LogP contribution in [0.1, 0.15) is 20.8 Å². The Labute approximate surface area is 144 Å². The minimum Gasteiger partial charge on any atom is -0.383 e. The van der Waals surface area contributed by atoms with E-state index in [-0.39, 0.29) is 24.1 Å². The van der Waals surface area contributed by atoms with Gasteiger partial charge < -0.3 is 10.6 Å². The van der Waals surface area contributed by atoms with Crippen LogP contribution in [-0.2, 0) is 6.54 Å². The van der Waals surface area contributed by atoms with Gasteiger partial charge in [0.1, 0.15) is 5.84 Å². The molecule has 0 unspecified atom stereocenters. The number of carbonyl (C=O) groups excluding carboxylic acids is 1. The third kappa shape index (κ3) is 4.25. The maximum atomic E-state index is 12.6. The Morgan fingerprint density at radius 2 is 2.00 bits per heavy atom. The van der Waals surface area contributed by atoms with Gasteiger partial charge in [0.25, 0.3) is 5.91 Å². The summed E-state index contributed by atoms with van der Waals surface area (Å²) in [6.07, 6.45) is 1.92. The predicted molar refractivity (Wildman–Crippen MR) is 96.6 cm³/mol. The van der Waals surface area contributed by atoms with Crippen LogP contribution < -0.4 is 5.73 Å². The highest BCUT2D eigenvalue weighted by atomic mass is 35.5. The second kappa shape index (κ2) is 8.22. The van der Waals surface area contributed by atoms with E-state index in [2.05, 4.69) is 0 Å². The summed E-state index contributed by atoms with van der Waals surface area (Å²) in [5, 5.41) is 7.50. The van der Waals surface area contributed by atoms with E-state index >= 15 is 0 Å². The Balaban J connectivity index is 0.00000242. The van der Waals surface area contributed by atoms with Crippen molar-refractivity contribution in [3.8, 4) is 0 Å². The first kappa shape index (κ1) is 18.5. The molecule has 1 aromatic carbocycles. The number of rotatable bonds is 5. The van der Waals surface area contributed by atoms with E-state index in [0.29, 0.717) is 17.0 Å². The van der Waals surface area contributed by atoms with E-state index in [1.165, 1.54) is 23.1 Å². The Morgan fingerprint density at radius 1 is 1.36 bits per heavy atom. The Hall–Kier alpha value is -1.50. The van der Waals surface area contributed by atoms with Gasteiger partial charge in [0.05, 0.1) is 14.6 Å². The Kier molecular flexibility index (Phi) is 6.93. The topological polar surface area (TPSA) is 70.2 Å². The molecule has 0 aliphatic rings. The van der Waals surface area contributed by atoms with Crippen molar-refractivity contribution in [2.45, 2.75) is 10.8 Å². The summed E-state index contributed by atoms with van der Waals surface area (Å²) in [6.45, 7) is 0.554. The molecule has 3 N–H and O–H groups in total. The third-order valence-electron chi connectivity index (χ3n) is 2.99. The molecule has 0 saturated heterocycles. The molecule has 2 rings (SSSR count). The van der Waals surface area contributed by atoms with E-state index in [0.717, 1.165) is 9.77 Å². The number of halogens is 1. The van der Waals surface area contributed by atoms with Crippen LogP contribution >= 0.6 is 35.5 Å². The SMILES string of the molecule is CSc1sc(C(=N)N)cc1C(=O)N(C)Cc1ccccc1.Cl. The van der Waals surface area contributed by atoms with Crippen molar-refractivity contribution in [1.82, 2.24) is 4.90 Å². The lowest BCUT2D eigenvalue weighted by Crippen LogP contribution is -2.26. The number of hydrogen-bond donors (Lipinski definition) is 2. The fourth-order valence-corrected chi connectivity index (χ4v) is 3.65. The fraction of sp³-hybridized carbons (Fsp3) is 0.200. The van der Waals surface area contributed by atoms with Crippen LogP contribution in [0.2, 0.25) is 0 Å². The number of benzene rings is 1. The monoisotopic (exact) mass is 355 g/mol. The summed E-state index contributed by atoms with van der Waals surface area (Å²) < 4.78 is 0.894. The number of carbonyl (C=O) groups is 1. The van der Waals surface area contributed by atoms with Gasteiger partial charge in [-0.1, -0.05) is 30.3 Å². The fourth-order valence-electron chi connectivity index (χ4n) is 1.94. The molecule has 22 heavy (non-hydrogen) atoms. The molecule has 7 heteroatoms. The average molecular weight is 356 g/mol. The van der Waals surface area contributed by atoms with Gasteiger partial charge in [0, 0.05) is 13.6 Å². The highest BCUT2D eigenvalue weighted by molar-refractivity contribution is 8.00. The first-order valence-electron chi connectivity index (χ1n) is 6.34. The summed E-state index contributed by atoms with van der Waals surface area (Å²) >= 11 is 2.89. The van der Waals surface area contributed by atoms with Crippen molar-refractivity contribution < 1.29 is 4.79 Å². The molecule has 0 saturated carbocycles. The number of thioether (sulfide) groups is 1. The molecular weight excluding hydrogens is 338 g/mol. The molecule has 0 aliphatic carbocycles. The molecule has 118 valence electrons. The smallest absolute Gasteiger partial charge is 0.255 e. The molecular formula is C15H18ClN3OS2. The molecule has 4 nitrogen and oxygen atoms in total. The van der Waals surface area contributed by atoms with E-state index in [1.807, 2.05) is 36.6 Å². The van der Waals surface area contributed by atoms with Crippen LogP contribution in [0.5, 0.6) is 0 Å². The summed E-state index contributed by atoms with van der Waals surface area (Å²) in [7, 11) is 1.78. The minimum atomic E-state index is -0.0491. The second-order valence-corrected chi connectivity index (χ2v) is 6.70. The van der Waals surface area contributed by atoms with Gasteiger partial charge in [-0.25, -0.2) is 0 Å². The van der Waals surface area contributed by atoms with Crippen LogP contribution in [0.15, 0.2) is 40.6 Å². The highest BCUT2D eigenvalue weighted by Gasteiger charge is 2.20. The van der Waals surface area contributed by atoms with Gasteiger partial charge in [0.15, 0.2) is 0 Å². The Bertz CT molecular complexity index is 658. The van der Waals surface area contributed by atoms with Crippen molar-refractivity contribution in [3.63, 3.8) is 0 Å². The van der Waals surface area contributed by atoms with Crippen LogP contribution in [0.3, 0.4) is 0 Å². The highest BCUT2D eigenvalue weighted by Crippen LogP contribution is 2.31. The van der Waals surface area contributed by atoms with Crippen LogP contribution in [0.4, 0.5) is 0 Å². The average Bonchev–Trinajstić information content (AvgIpc) is 2.91. The van der Waals surface area contributed by atoms with Crippen LogP contribution in [0.25, 0.3) is 0 Å². The molecule has 0 aliphatic heterocycles. The number of hydrogen-bond acceptors (Lipinski definition) is 4. The van der Waals surface area contributed by atoms with Gasteiger partial charge in [0.2, 0.25) is 0 Å². The van der Waals surface area contributed by atoms with E-state index in [4.69, 9.17) is 11.1 Å². The summed E-state index contributed by atoms with van der Waals surface area (Å²) in [5.41, 5.74) is 7.22. The van der Waals surface area contributed by atoms with Crippen LogP contribution in [0, 0.1) is 5.41 Å². The van der Waals surface area contributed by atoms with Gasteiger partial charge in [-0.3, -0.25) is 10.2 Å². The normalized spacial score (nSPS) is 9.91. The van der Waals surface area contributed by atoms with E-state index in [9.17, 15) is 4.79 Å². The summed E-state index contributed by atoms with van der Waals surface area (Å²) in [4.78, 5) is 14.9. The molecule has 0 radical (unpaired) electrons. The molecule has 0 fully saturated rings. The number of nitrogen functional groups attached to an aromatic ring is 1. The largest absolute Gasteiger partial charge is 0.383 e. The van der Waals surface area contributed by atoms with E-state index in [1.54, 1.807) is 18.0 Å². The molecule has 0 spiro atoms. The van der Waals surface area contributed by atoms with Crippen molar-refractivity contribution in [2.24, 2.45) is 5.73 Å². The number of thiophene rings is 1. The molecule has 1 aromatic heterocycles. The quantitative estimate of drug-likeness (QED) is 0.490. The zero-order valence-electron chi connectivity index (χ0n) is 12.3. The van der Waals surface area contributed by atoms with Crippen molar-refractivity contribution in [3.05, 3.63) is 52.4 Å². The number of amidine groups is 1. The number of nitrogens with zero attached hydrogens (tertiary/aromatic N) is 1. The zero-order chi connectivity index (χ0) is 15.4. The van der Waals surface area contributed by atoms with E-state index < -0.39 is 0 Å². The Morgan fingerprint density at radius 3 is 2.55 bits per heavy atom. The first-order chi connectivity index (χ1) is 10.0. The lowest BCUT2D eigenvalue weighted by atomic mass is 10.2. The van der Waals surface area contributed by atoms with Gasteiger partial charge in [-0.05, 0) is 17.9 Å². The van der Waals surface area contributed by atoms with Crippen LogP contribution in [-0.4, -0.2) is 29.9 Å². The lowest BCUT2D eigenvalue weighted by molar-refractivity contribution is 0.0782. The van der Waals surface area contributed by atoms with Gasteiger partial charge in [-0.15, -0.1) is 35.5 Å². The molecule has 1 amide bonds. The van der Waals surface area contributed by atoms with Gasteiger partial charge >= 0.3 is 0 Å². The summed E-state index contributed by atoms with van der Waals surface area (Å²) in [5.74, 6) is -0.0491. The number of amides is 1. The van der Waals surface area contributed by atoms with Crippen molar-refractivity contribution in [2.75, 3.05) is 13.3 Å². The maximum Gasteiger partial charge on any atom is 0.255 e. The minimum absolute atomic E-state index is 0. The van der Waals surface area contributed by atoms with Gasteiger partial charge in [-0.2, -0.15) is 0 Å². The second-order valence-electron chi connectivity index (χ2n) is 4.58. The zero-order valence-corrected chi connectivity index (χ0v) is 14.8. The molecule has 2 aromatic rings. The summed E-state index contributed by atoms with van der Waals surface area (Å²) in [6, 6.07) is 11.6. The maximum absolute atomic E-state index is 12.6. The van der Waals surface area contributed by atoms with Crippen molar-refractivity contribution >= 4 is 47.2 Å².